The third-order valence-corrected chi connectivity index (χ3v) is 7.04. The number of nitrogens with zero attached hydrogens (tertiary/aromatic N) is 2. The number of aromatic amines is 1. The van der Waals surface area contributed by atoms with E-state index in [-0.39, 0.29) is 30.2 Å². The molecule has 0 bridgehead atoms. The number of hydrogen-bond acceptors (Lipinski definition) is 2. The summed E-state index contributed by atoms with van der Waals surface area (Å²) in [5.74, 6) is -0.368. The number of aromatic nitrogens is 1. The second-order valence-corrected chi connectivity index (χ2v) is 9.03. The maximum Gasteiger partial charge on any atom is 0.246 e. The van der Waals surface area contributed by atoms with Gasteiger partial charge in [0.1, 0.15) is 11.9 Å². The van der Waals surface area contributed by atoms with Crippen LogP contribution in [0.5, 0.6) is 0 Å². The van der Waals surface area contributed by atoms with E-state index in [1.54, 1.807) is 21.9 Å². The molecule has 34 heavy (non-hydrogen) atoms. The van der Waals surface area contributed by atoms with Crippen LogP contribution in [0.3, 0.4) is 0 Å². The molecule has 1 unspecified atom stereocenters. The fraction of sp³-hybridized carbons (Fsp3) is 0.214. The van der Waals surface area contributed by atoms with E-state index in [4.69, 9.17) is 0 Å². The molecule has 0 radical (unpaired) electrons. The number of amides is 2. The lowest BCUT2D eigenvalue weighted by atomic mass is 9.86. The van der Waals surface area contributed by atoms with Crippen molar-refractivity contribution in [1.29, 1.82) is 0 Å². The number of rotatable bonds is 4. The molecule has 2 aliphatic rings. The SMILES string of the molecule is O=C1[C@@H]2Cc3c([nH]c4ccccc34)C(c3ccccc3)N2C(=O)CN1CCc1ccc(F)cc1. The van der Waals surface area contributed by atoms with Crippen molar-refractivity contribution in [2.45, 2.75) is 24.9 Å². The van der Waals surface area contributed by atoms with Gasteiger partial charge in [-0.1, -0.05) is 60.7 Å². The maximum absolute atomic E-state index is 13.7. The lowest BCUT2D eigenvalue weighted by Crippen LogP contribution is -2.63. The number of nitrogens with one attached hydrogen (secondary N) is 1. The Morgan fingerprint density at radius 1 is 0.912 bits per heavy atom. The second-order valence-electron chi connectivity index (χ2n) is 9.03. The molecule has 0 saturated carbocycles. The lowest BCUT2D eigenvalue weighted by molar-refractivity contribution is -0.158. The number of piperazine rings is 1. The molecule has 6 heteroatoms. The van der Waals surface area contributed by atoms with Crippen LogP contribution in [0, 0.1) is 5.82 Å². The molecule has 1 aromatic heterocycles. The van der Waals surface area contributed by atoms with Crippen LogP contribution in [0.2, 0.25) is 0 Å². The van der Waals surface area contributed by atoms with Gasteiger partial charge in [-0.15, -0.1) is 0 Å². The predicted octanol–water partition coefficient (Wildman–Crippen LogP) is 4.23. The van der Waals surface area contributed by atoms with Gasteiger partial charge in [-0.2, -0.15) is 0 Å². The largest absolute Gasteiger partial charge is 0.356 e. The Morgan fingerprint density at radius 2 is 1.65 bits per heavy atom. The molecule has 3 heterocycles. The molecular weight excluding hydrogens is 429 g/mol. The monoisotopic (exact) mass is 453 g/mol. The standard InChI is InChI=1S/C28H24FN3O2/c29-20-12-10-18(11-13-20)14-15-31-17-25(33)32-24(28(31)34)16-22-21-8-4-5-9-23(21)30-26(22)27(32)19-6-2-1-3-7-19/h1-13,24,27,30H,14-17H2/t24-,27?/m0/s1. The Morgan fingerprint density at radius 3 is 2.44 bits per heavy atom. The van der Waals surface area contributed by atoms with Gasteiger partial charge in [0.15, 0.2) is 0 Å². The molecule has 2 atom stereocenters. The number of halogens is 1. The predicted molar refractivity (Wildman–Crippen MR) is 128 cm³/mol. The summed E-state index contributed by atoms with van der Waals surface area (Å²) in [7, 11) is 0. The van der Waals surface area contributed by atoms with Crippen LogP contribution in [0.4, 0.5) is 4.39 Å². The number of carbonyl (C=O) groups excluding carboxylic acids is 2. The maximum atomic E-state index is 13.7. The van der Waals surface area contributed by atoms with Crippen LogP contribution < -0.4 is 0 Å². The van der Waals surface area contributed by atoms with E-state index in [1.807, 2.05) is 48.5 Å². The smallest absolute Gasteiger partial charge is 0.246 e. The third-order valence-electron chi connectivity index (χ3n) is 7.04. The first-order chi connectivity index (χ1) is 16.6. The normalized spacial score (nSPS) is 19.9. The van der Waals surface area contributed by atoms with Crippen molar-refractivity contribution in [2.24, 2.45) is 0 Å². The van der Waals surface area contributed by atoms with Crippen molar-refractivity contribution in [3.63, 3.8) is 0 Å². The Kier molecular flexibility index (Phi) is 4.94. The summed E-state index contributed by atoms with van der Waals surface area (Å²) in [4.78, 5) is 34.2. The van der Waals surface area contributed by atoms with E-state index in [1.165, 1.54) is 12.1 Å². The fourth-order valence-corrected chi connectivity index (χ4v) is 5.41. The summed E-state index contributed by atoms with van der Waals surface area (Å²) < 4.78 is 13.2. The zero-order chi connectivity index (χ0) is 23.2. The molecule has 2 aliphatic heterocycles. The second kappa shape index (κ2) is 8.13. The fourth-order valence-electron chi connectivity index (χ4n) is 5.41. The van der Waals surface area contributed by atoms with Gasteiger partial charge in [0.25, 0.3) is 0 Å². The Balaban J connectivity index is 1.37. The minimum atomic E-state index is -0.550. The third kappa shape index (κ3) is 3.37. The molecule has 3 aromatic carbocycles. The average Bonchev–Trinajstić information content (AvgIpc) is 3.24. The van der Waals surface area contributed by atoms with E-state index >= 15 is 0 Å². The van der Waals surface area contributed by atoms with Crippen LogP contribution in [-0.2, 0) is 22.4 Å². The van der Waals surface area contributed by atoms with Gasteiger partial charge in [-0.05, 0) is 41.3 Å². The zero-order valence-corrected chi connectivity index (χ0v) is 18.6. The van der Waals surface area contributed by atoms with Crippen LogP contribution in [0.25, 0.3) is 10.9 Å². The van der Waals surface area contributed by atoms with Crippen molar-refractivity contribution in [3.05, 3.63) is 107 Å². The zero-order valence-electron chi connectivity index (χ0n) is 18.6. The highest BCUT2D eigenvalue weighted by molar-refractivity contribution is 5.97. The van der Waals surface area contributed by atoms with Gasteiger partial charge in [0.2, 0.25) is 11.8 Å². The minimum absolute atomic E-state index is 0.0291. The molecule has 2 amide bonds. The molecule has 1 fully saturated rings. The van der Waals surface area contributed by atoms with Gasteiger partial charge in [0, 0.05) is 29.6 Å². The first-order valence-corrected chi connectivity index (χ1v) is 11.6. The summed E-state index contributed by atoms with van der Waals surface area (Å²) in [6.45, 7) is 0.479. The van der Waals surface area contributed by atoms with Gasteiger partial charge in [-0.25, -0.2) is 4.39 Å². The molecule has 6 rings (SSSR count). The van der Waals surface area contributed by atoms with Crippen molar-refractivity contribution in [1.82, 2.24) is 14.8 Å². The summed E-state index contributed by atoms with van der Waals surface area (Å²) >= 11 is 0. The molecule has 0 spiro atoms. The van der Waals surface area contributed by atoms with Gasteiger partial charge >= 0.3 is 0 Å². The number of carbonyl (C=O) groups is 2. The minimum Gasteiger partial charge on any atom is -0.356 e. The van der Waals surface area contributed by atoms with Crippen molar-refractivity contribution < 1.29 is 14.0 Å². The Labute approximate surface area is 196 Å². The first-order valence-electron chi connectivity index (χ1n) is 11.6. The number of H-pyrrole nitrogens is 1. The van der Waals surface area contributed by atoms with E-state index in [0.29, 0.717) is 19.4 Å². The highest BCUT2D eigenvalue weighted by Gasteiger charge is 2.48. The summed E-state index contributed by atoms with van der Waals surface area (Å²) in [6.07, 6.45) is 1.06. The van der Waals surface area contributed by atoms with Crippen LogP contribution >= 0.6 is 0 Å². The van der Waals surface area contributed by atoms with E-state index in [2.05, 4.69) is 11.1 Å². The topological polar surface area (TPSA) is 56.4 Å². The summed E-state index contributed by atoms with van der Waals surface area (Å²) in [5.41, 5.74) is 5.04. The van der Waals surface area contributed by atoms with E-state index in [9.17, 15) is 14.0 Å². The highest BCUT2D eigenvalue weighted by Crippen LogP contribution is 2.42. The van der Waals surface area contributed by atoms with Gasteiger partial charge in [0.05, 0.1) is 12.6 Å². The quantitative estimate of drug-likeness (QED) is 0.503. The average molecular weight is 454 g/mol. The van der Waals surface area contributed by atoms with E-state index in [0.717, 1.165) is 33.3 Å². The first kappa shape index (κ1) is 20.7. The number of hydrogen-bond donors (Lipinski definition) is 1. The summed E-state index contributed by atoms with van der Waals surface area (Å²) in [5, 5.41) is 1.10. The highest BCUT2D eigenvalue weighted by atomic mass is 19.1. The van der Waals surface area contributed by atoms with Crippen LogP contribution in [0.1, 0.15) is 28.4 Å². The molecule has 170 valence electrons. The van der Waals surface area contributed by atoms with Gasteiger partial charge < -0.3 is 14.8 Å². The molecular formula is C28H24FN3O2. The van der Waals surface area contributed by atoms with Crippen molar-refractivity contribution in [3.8, 4) is 0 Å². The Hall–Kier alpha value is -3.93. The molecule has 1 N–H and O–H groups in total. The van der Waals surface area contributed by atoms with Crippen molar-refractivity contribution >= 4 is 22.7 Å². The number of benzene rings is 3. The van der Waals surface area contributed by atoms with Crippen LogP contribution in [-0.4, -0.2) is 45.7 Å². The molecule has 0 aliphatic carbocycles. The Bertz CT molecular complexity index is 1380. The lowest BCUT2D eigenvalue weighted by Gasteiger charge is -2.47. The van der Waals surface area contributed by atoms with Crippen molar-refractivity contribution in [2.75, 3.05) is 13.1 Å². The summed E-state index contributed by atoms with van der Waals surface area (Å²) in [6, 6.07) is 23.4. The molecule has 5 nitrogen and oxygen atoms in total. The molecule has 4 aromatic rings. The van der Waals surface area contributed by atoms with E-state index < -0.39 is 6.04 Å². The van der Waals surface area contributed by atoms with Crippen LogP contribution in [0.15, 0.2) is 78.9 Å². The number of para-hydroxylation sites is 1. The van der Waals surface area contributed by atoms with Gasteiger partial charge in [-0.3, -0.25) is 9.59 Å². The molecule has 1 saturated heterocycles. The number of fused-ring (bicyclic) bond motifs is 4.